The van der Waals surface area contributed by atoms with Crippen molar-refractivity contribution in [2.45, 2.75) is 19.1 Å². The zero-order valence-electron chi connectivity index (χ0n) is 8.60. The fraction of sp³-hybridized carbons (Fsp3) is 0.273. The van der Waals surface area contributed by atoms with Gasteiger partial charge in [0.15, 0.2) is 0 Å². The Bertz CT molecular complexity index is 511. The van der Waals surface area contributed by atoms with Gasteiger partial charge in [-0.1, -0.05) is 12.1 Å². The predicted octanol–water partition coefficient (Wildman–Crippen LogP) is 3.21. The summed E-state index contributed by atoms with van der Waals surface area (Å²) in [7, 11) is 0. The van der Waals surface area contributed by atoms with E-state index in [4.69, 9.17) is 5.73 Å². The topological polar surface area (TPSA) is 41.8 Å². The zero-order chi connectivity index (χ0) is 11.9. The molecule has 0 aliphatic carbocycles. The van der Waals surface area contributed by atoms with Gasteiger partial charge in [0.1, 0.15) is 0 Å². The number of nitrogens with one attached hydrogen (secondary N) is 1. The number of rotatable bonds is 1. The minimum Gasteiger partial charge on any atom is -0.357 e. The largest absolute Gasteiger partial charge is 0.418 e. The maximum atomic E-state index is 12.7. The van der Waals surface area contributed by atoms with E-state index in [1.54, 1.807) is 19.1 Å². The van der Waals surface area contributed by atoms with E-state index in [2.05, 4.69) is 4.98 Å². The lowest BCUT2D eigenvalue weighted by atomic mass is 10.1. The maximum Gasteiger partial charge on any atom is 0.418 e. The van der Waals surface area contributed by atoms with E-state index in [-0.39, 0.29) is 11.6 Å². The van der Waals surface area contributed by atoms with Crippen LogP contribution in [0.3, 0.4) is 0 Å². The van der Waals surface area contributed by atoms with Crippen LogP contribution in [0.5, 0.6) is 0 Å². The summed E-state index contributed by atoms with van der Waals surface area (Å²) in [5.41, 5.74) is 5.67. The van der Waals surface area contributed by atoms with Crippen LogP contribution >= 0.6 is 0 Å². The molecule has 0 spiro atoms. The van der Waals surface area contributed by atoms with Gasteiger partial charge in [0.25, 0.3) is 0 Å². The molecule has 0 fully saturated rings. The molecule has 2 rings (SSSR count). The quantitative estimate of drug-likeness (QED) is 0.773. The SMILES string of the molecule is CC(N)c1cc2cccc(C(F)(F)F)c2[nH]1. The number of hydrogen-bond donors (Lipinski definition) is 2. The molecule has 2 nitrogen and oxygen atoms in total. The molecule has 0 aliphatic heterocycles. The minimum absolute atomic E-state index is 0.0994. The minimum atomic E-state index is -4.35. The molecule has 1 heterocycles. The smallest absolute Gasteiger partial charge is 0.357 e. The Morgan fingerprint density at radius 1 is 1.31 bits per heavy atom. The molecule has 5 heteroatoms. The number of fused-ring (bicyclic) bond motifs is 1. The van der Waals surface area contributed by atoms with Gasteiger partial charge in [-0.2, -0.15) is 13.2 Å². The number of H-pyrrole nitrogens is 1. The molecule has 0 radical (unpaired) electrons. The molecule has 0 saturated carbocycles. The van der Waals surface area contributed by atoms with Gasteiger partial charge in [0.2, 0.25) is 0 Å². The van der Waals surface area contributed by atoms with Crippen LogP contribution in [0.4, 0.5) is 13.2 Å². The molecular formula is C11H11F3N2. The number of alkyl halides is 3. The lowest BCUT2D eigenvalue weighted by Crippen LogP contribution is -2.07. The second kappa shape index (κ2) is 3.52. The van der Waals surface area contributed by atoms with E-state index < -0.39 is 11.7 Å². The van der Waals surface area contributed by atoms with E-state index in [0.717, 1.165) is 6.07 Å². The van der Waals surface area contributed by atoms with Gasteiger partial charge in [-0.15, -0.1) is 0 Å². The number of nitrogens with two attached hydrogens (primary N) is 1. The molecule has 86 valence electrons. The number of halogens is 3. The van der Waals surface area contributed by atoms with Crippen LogP contribution in [0.15, 0.2) is 24.3 Å². The lowest BCUT2D eigenvalue weighted by molar-refractivity contribution is -0.136. The van der Waals surface area contributed by atoms with Crippen LogP contribution in [0, 0.1) is 0 Å². The molecule has 1 atom stereocenters. The van der Waals surface area contributed by atoms with Gasteiger partial charge < -0.3 is 10.7 Å². The highest BCUT2D eigenvalue weighted by atomic mass is 19.4. The lowest BCUT2D eigenvalue weighted by Gasteiger charge is -2.07. The van der Waals surface area contributed by atoms with Crippen molar-refractivity contribution in [1.29, 1.82) is 0 Å². The summed E-state index contributed by atoms with van der Waals surface area (Å²) in [5.74, 6) is 0. The monoisotopic (exact) mass is 228 g/mol. The molecule has 0 amide bonds. The van der Waals surface area contributed by atoms with Crippen molar-refractivity contribution in [3.05, 3.63) is 35.5 Å². The van der Waals surface area contributed by atoms with Crippen molar-refractivity contribution in [2.75, 3.05) is 0 Å². The summed E-state index contributed by atoms with van der Waals surface area (Å²) < 4.78 is 38.0. The number of benzene rings is 1. The van der Waals surface area contributed by atoms with Crippen molar-refractivity contribution in [3.8, 4) is 0 Å². The number of aromatic amines is 1. The van der Waals surface area contributed by atoms with Gasteiger partial charge in [-0.3, -0.25) is 0 Å². The number of hydrogen-bond acceptors (Lipinski definition) is 1. The predicted molar refractivity (Wildman–Crippen MR) is 55.9 cm³/mol. The van der Waals surface area contributed by atoms with Crippen molar-refractivity contribution in [3.63, 3.8) is 0 Å². The number of para-hydroxylation sites is 1. The summed E-state index contributed by atoms with van der Waals surface area (Å²) in [4.78, 5) is 2.73. The van der Waals surface area contributed by atoms with Crippen LogP contribution in [0.2, 0.25) is 0 Å². The van der Waals surface area contributed by atoms with Crippen LogP contribution in [0.25, 0.3) is 10.9 Å². The Morgan fingerprint density at radius 3 is 2.56 bits per heavy atom. The summed E-state index contributed by atoms with van der Waals surface area (Å²) in [5, 5.41) is 0.530. The second-order valence-corrected chi connectivity index (χ2v) is 3.78. The van der Waals surface area contributed by atoms with E-state index in [9.17, 15) is 13.2 Å². The summed E-state index contributed by atoms with van der Waals surface area (Å²) in [6.45, 7) is 1.72. The summed E-state index contributed by atoms with van der Waals surface area (Å²) in [6.07, 6.45) is -4.35. The first-order valence-electron chi connectivity index (χ1n) is 4.84. The van der Waals surface area contributed by atoms with Gasteiger partial charge in [-0.05, 0) is 19.1 Å². The summed E-state index contributed by atoms with van der Waals surface area (Å²) >= 11 is 0. The van der Waals surface area contributed by atoms with Gasteiger partial charge in [-0.25, -0.2) is 0 Å². The average Bonchev–Trinajstić information content (AvgIpc) is 2.58. The number of aromatic nitrogens is 1. The standard InChI is InChI=1S/C11H11F3N2/c1-6(15)9-5-7-3-2-4-8(10(7)16-9)11(12,13)14/h2-6,16H,15H2,1H3. The Kier molecular flexibility index (Phi) is 2.42. The molecule has 3 N–H and O–H groups in total. The Hall–Kier alpha value is -1.49. The normalized spacial score (nSPS) is 14.3. The average molecular weight is 228 g/mol. The third kappa shape index (κ3) is 1.78. The van der Waals surface area contributed by atoms with Crippen molar-refractivity contribution < 1.29 is 13.2 Å². The van der Waals surface area contributed by atoms with E-state index >= 15 is 0 Å². The van der Waals surface area contributed by atoms with Crippen LogP contribution in [0.1, 0.15) is 24.2 Å². The Balaban J connectivity index is 2.68. The first kappa shape index (κ1) is 11.0. The van der Waals surface area contributed by atoms with Crippen LogP contribution < -0.4 is 5.73 Å². The first-order chi connectivity index (χ1) is 7.39. The van der Waals surface area contributed by atoms with E-state index in [1.807, 2.05) is 0 Å². The van der Waals surface area contributed by atoms with Crippen LogP contribution in [-0.4, -0.2) is 4.98 Å². The molecule has 0 aliphatic rings. The zero-order valence-corrected chi connectivity index (χ0v) is 8.60. The third-order valence-electron chi connectivity index (χ3n) is 2.47. The van der Waals surface area contributed by atoms with Crippen molar-refractivity contribution in [2.24, 2.45) is 5.73 Å². The van der Waals surface area contributed by atoms with E-state index in [1.165, 1.54) is 6.07 Å². The molecular weight excluding hydrogens is 217 g/mol. The summed E-state index contributed by atoms with van der Waals surface area (Å²) in [6, 6.07) is 5.42. The fourth-order valence-corrected chi connectivity index (χ4v) is 1.66. The molecule has 0 bridgehead atoms. The van der Waals surface area contributed by atoms with Crippen molar-refractivity contribution in [1.82, 2.24) is 4.98 Å². The molecule has 1 aromatic carbocycles. The van der Waals surface area contributed by atoms with Gasteiger partial charge >= 0.3 is 6.18 Å². The van der Waals surface area contributed by atoms with Gasteiger partial charge in [0.05, 0.1) is 11.1 Å². The molecule has 16 heavy (non-hydrogen) atoms. The highest BCUT2D eigenvalue weighted by molar-refractivity contribution is 5.84. The Labute approximate surface area is 90.3 Å². The first-order valence-corrected chi connectivity index (χ1v) is 4.84. The van der Waals surface area contributed by atoms with Crippen molar-refractivity contribution >= 4 is 10.9 Å². The molecule has 2 aromatic rings. The highest BCUT2D eigenvalue weighted by Gasteiger charge is 2.33. The molecule has 1 unspecified atom stereocenters. The Morgan fingerprint density at radius 2 is 2.00 bits per heavy atom. The van der Waals surface area contributed by atoms with Gasteiger partial charge in [0, 0.05) is 17.1 Å². The maximum absolute atomic E-state index is 12.7. The second-order valence-electron chi connectivity index (χ2n) is 3.78. The third-order valence-corrected chi connectivity index (χ3v) is 2.47. The van der Waals surface area contributed by atoms with Crippen LogP contribution in [-0.2, 0) is 6.18 Å². The molecule has 1 aromatic heterocycles. The van der Waals surface area contributed by atoms with E-state index in [0.29, 0.717) is 11.1 Å². The highest BCUT2D eigenvalue weighted by Crippen LogP contribution is 2.34. The molecule has 0 saturated heterocycles. The fourth-order valence-electron chi connectivity index (χ4n) is 1.66.